The van der Waals surface area contributed by atoms with Gasteiger partial charge in [-0.25, -0.2) is 0 Å². The van der Waals surface area contributed by atoms with E-state index in [2.05, 4.69) is 6.92 Å². The van der Waals surface area contributed by atoms with E-state index in [9.17, 15) is 4.79 Å². The van der Waals surface area contributed by atoms with Gasteiger partial charge in [0.2, 0.25) is 0 Å². The van der Waals surface area contributed by atoms with Crippen molar-refractivity contribution in [2.75, 3.05) is 0 Å². The van der Waals surface area contributed by atoms with Gasteiger partial charge in [0, 0.05) is 12.3 Å². The summed E-state index contributed by atoms with van der Waals surface area (Å²) in [5.41, 5.74) is 0. The van der Waals surface area contributed by atoms with Crippen molar-refractivity contribution in [3.63, 3.8) is 0 Å². The van der Waals surface area contributed by atoms with Gasteiger partial charge in [0.15, 0.2) is 0 Å². The van der Waals surface area contributed by atoms with Crippen LogP contribution in [0.25, 0.3) is 0 Å². The summed E-state index contributed by atoms with van der Waals surface area (Å²) >= 11 is 0. The SMILES string of the molecule is CC1CC[C@H](C)C(=O)C1.S. The van der Waals surface area contributed by atoms with E-state index in [4.69, 9.17) is 0 Å². The Balaban J connectivity index is 0.000000810. The number of ketones is 1. The summed E-state index contributed by atoms with van der Waals surface area (Å²) in [5.74, 6) is 1.46. The summed E-state index contributed by atoms with van der Waals surface area (Å²) in [7, 11) is 0. The molecule has 1 aliphatic carbocycles. The van der Waals surface area contributed by atoms with Crippen molar-refractivity contribution < 1.29 is 4.79 Å². The van der Waals surface area contributed by atoms with Gasteiger partial charge in [-0.2, -0.15) is 13.5 Å². The molecule has 0 aromatic rings. The van der Waals surface area contributed by atoms with Crippen LogP contribution in [0.2, 0.25) is 0 Å². The van der Waals surface area contributed by atoms with Crippen molar-refractivity contribution in [1.29, 1.82) is 0 Å². The maximum absolute atomic E-state index is 11.0. The number of hydrogen-bond acceptors (Lipinski definition) is 1. The van der Waals surface area contributed by atoms with Crippen molar-refractivity contribution in [2.24, 2.45) is 11.8 Å². The Morgan fingerprint density at radius 1 is 1.30 bits per heavy atom. The van der Waals surface area contributed by atoms with Crippen LogP contribution in [0.5, 0.6) is 0 Å². The lowest BCUT2D eigenvalue weighted by atomic mass is 9.83. The summed E-state index contributed by atoms with van der Waals surface area (Å²) < 4.78 is 0. The van der Waals surface area contributed by atoms with Crippen LogP contribution < -0.4 is 0 Å². The van der Waals surface area contributed by atoms with Gasteiger partial charge in [-0.1, -0.05) is 13.8 Å². The van der Waals surface area contributed by atoms with E-state index in [1.807, 2.05) is 6.92 Å². The highest BCUT2D eigenvalue weighted by Gasteiger charge is 2.21. The van der Waals surface area contributed by atoms with Gasteiger partial charge in [0.1, 0.15) is 5.78 Å². The van der Waals surface area contributed by atoms with Crippen molar-refractivity contribution in [2.45, 2.75) is 33.1 Å². The molecular formula is C8H16OS. The topological polar surface area (TPSA) is 17.1 Å². The second-order valence-electron chi connectivity index (χ2n) is 3.25. The lowest BCUT2D eigenvalue weighted by molar-refractivity contribution is -0.125. The Morgan fingerprint density at radius 3 is 2.30 bits per heavy atom. The van der Waals surface area contributed by atoms with Gasteiger partial charge < -0.3 is 0 Å². The van der Waals surface area contributed by atoms with Crippen LogP contribution in [-0.2, 0) is 4.79 Å². The third-order valence-corrected chi connectivity index (χ3v) is 2.19. The molecule has 1 aliphatic rings. The monoisotopic (exact) mass is 160 g/mol. The number of hydrogen-bond donors (Lipinski definition) is 0. The zero-order chi connectivity index (χ0) is 6.85. The van der Waals surface area contributed by atoms with Crippen LogP contribution in [0.15, 0.2) is 0 Å². The fraction of sp³-hybridized carbons (Fsp3) is 0.875. The van der Waals surface area contributed by atoms with E-state index in [-0.39, 0.29) is 13.5 Å². The molecule has 0 aliphatic heterocycles. The standard InChI is InChI=1S/C8H14O.H2S/c1-6-3-4-7(2)8(9)5-6;/h6-7H,3-5H2,1-2H3;1H2/t6?,7-;/m0./s1. The fourth-order valence-corrected chi connectivity index (χ4v) is 1.34. The average molecular weight is 160 g/mol. The molecule has 0 bridgehead atoms. The smallest absolute Gasteiger partial charge is 0.135 e. The summed E-state index contributed by atoms with van der Waals surface area (Å²) in [6.45, 7) is 4.19. The Kier molecular flexibility index (Phi) is 4.02. The molecular weight excluding hydrogens is 144 g/mol. The van der Waals surface area contributed by atoms with Gasteiger partial charge in [-0.05, 0) is 18.8 Å². The molecule has 1 nitrogen and oxygen atoms in total. The minimum Gasteiger partial charge on any atom is -0.299 e. The van der Waals surface area contributed by atoms with Gasteiger partial charge in [-0.3, -0.25) is 4.79 Å². The molecule has 10 heavy (non-hydrogen) atoms. The van der Waals surface area contributed by atoms with Crippen molar-refractivity contribution >= 4 is 19.3 Å². The zero-order valence-corrected chi connectivity index (χ0v) is 7.68. The number of rotatable bonds is 0. The van der Waals surface area contributed by atoms with Gasteiger partial charge in [0.25, 0.3) is 0 Å². The molecule has 0 aromatic heterocycles. The van der Waals surface area contributed by atoms with E-state index < -0.39 is 0 Å². The molecule has 0 saturated heterocycles. The molecule has 2 atom stereocenters. The molecule has 0 amide bonds. The third-order valence-electron chi connectivity index (χ3n) is 2.19. The molecule has 1 saturated carbocycles. The Bertz CT molecular complexity index is 122. The first-order chi connectivity index (χ1) is 4.20. The van der Waals surface area contributed by atoms with E-state index in [0.29, 0.717) is 17.6 Å². The van der Waals surface area contributed by atoms with Crippen LogP contribution >= 0.6 is 13.5 Å². The number of carbonyl (C=O) groups is 1. The molecule has 0 radical (unpaired) electrons. The molecule has 0 N–H and O–H groups in total. The van der Waals surface area contributed by atoms with Gasteiger partial charge in [-0.15, -0.1) is 0 Å². The lowest BCUT2D eigenvalue weighted by Gasteiger charge is -2.21. The molecule has 0 heterocycles. The number of Topliss-reactive ketones (excluding diaryl/α,β-unsaturated/α-hetero) is 1. The highest BCUT2D eigenvalue weighted by atomic mass is 32.1. The minimum absolute atomic E-state index is 0. The molecule has 1 unspecified atom stereocenters. The van der Waals surface area contributed by atoms with Crippen LogP contribution in [0.1, 0.15) is 33.1 Å². The Morgan fingerprint density at radius 2 is 1.90 bits per heavy atom. The summed E-state index contributed by atoms with van der Waals surface area (Å²) in [6, 6.07) is 0. The molecule has 1 rings (SSSR count). The van der Waals surface area contributed by atoms with E-state index in [0.717, 1.165) is 12.8 Å². The summed E-state index contributed by atoms with van der Waals surface area (Å²) in [6.07, 6.45) is 3.17. The zero-order valence-electron chi connectivity index (χ0n) is 6.68. The first-order valence-corrected chi connectivity index (χ1v) is 3.73. The molecule has 60 valence electrons. The molecule has 0 spiro atoms. The minimum atomic E-state index is 0. The predicted octanol–water partition coefficient (Wildman–Crippen LogP) is 2.12. The maximum Gasteiger partial charge on any atom is 0.135 e. The van der Waals surface area contributed by atoms with Crippen LogP contribution in [-0.4, -0.2) is 5.78 Å². The largest absolute Gasteiger partial charge is 0.299 e. The average Bonchev–Trinajstić information content (AvgIpc) is 1.80. The third kappa shape index (κ3) is 2.33. The Hall–Kier alpha value is 0.0200. The lowest BCUT2D eigenvalue weighted by Crippen LogP contribution is -2.20. The molecule has 0 aromatic carbocycles. The van der Waals surface area contributed by atoms with E-state index in [1.165, 1.54) is 6.42 Å². The van der Waals surface area contributed by atoms with Gasteiger partial charge >= 0.3 is 0 Å². The quantitative estimate of drug-likeness (QED) is 0.530. The van der Waals surface area contributed by atoms with Gasteiger partial charge in [0.05, 0.1) is 0 Å². The summed E-state index contributed by atoms with van der Waals surface area (Å²) in [5, 5.41) is 0. The highest BCUT2D eigenvalue weighted by Crippen LogP contribution is 2.24. The molecule has 1 fully saturated rings. The second-order valence-corrected chi connectivity index (χ2v) is 3.25. The first kappa shape index (κ1) is 10.0. The van der Waals surface area contributed by atoms with Crippen molar-refractivity contribution in [3.8, 4) is 0 Å². The van der Waals surface area contributed by atoms with Crippen LogP contribution in [0, 0.1) is 11.8 Å². The molecule has 2 heteroatoms. The number of carbonyl (C=O) groups excluding carboxylic acids is 1. The second kappa shape index (κ2) is 4.02. The Labute approximate surface area is 69.6 Å². The first-order valence-electron chi connectivity index (χ1n) is 3.73. The predicted molar refractivity (Wildman–Crippen MR) is 47.6 cm³/mol. The fourth-order valence-electron chi connectivity index (χ4n) is 1.34. The van der Waals surface area contributed by atoms with Crippen molar-refractivity contribution in [3.05, 3.63) is 0 Å². The van der Waals surface area contributed by atoms with Crippen LogP contribution in [0.3, 0.4) is 0 Å². The maximum atomic E-state index is 11.0. The highest BCUT2D eigenvalue weighted by molar-refractivity contribution is 7.59. The van der Waals surface area contributed by atoms with E-state index >= 15 is 0 Å². The van der Waals surface area contributed by atoms with E-state index in [1.54, 1.807) is 0 Å². The van der Waals surface area contributed by atoms with Crippen LogP contribution in [0.4, 0.5) is 0 Å². The normalized spacial score (nSPS) is 33.2. The summed E-state index contributed by atoms with van der Waals surface area (Å²) in [4.78, 5) is 11.0. The van der Waals surface area contributed by atoms with Crippen molar-refractivity contribution in [1.82, 2.24) is 0 Å².